The number of non-ortho nitro benzene ring substituents is 1. The lowest BCUT2D eigenvalue weighted by Gasteiger charge is -2.13. The Labute approximate surface area is 123 Å². The van der Waals surface area contributed by atoms with Crippen LogP contribution in [0.2, 0.25) is 0 Å². The third-order valence-electron chi connectivity index (χ3n) is 2.94. The lowest BCUT2D eigenvalue weighted by molar-refractivity contribution is -0.384. The first-order chi connectivity index (χ1) is 10.2. The summed E-state index contributed by atoms with van der Waals surface area (Å²) in [5, 5.41) is 17.3. The highest BCUT2D eigenvalue weighted by Gasteiger charge is 2.28. The Morgan fingerprint density at radius 2 is 2.18 bits per heavy atom. The first-order valence-corrected chi connectivity index (χ1v) is 6.35. The fraction of sp³-hybridized carbons (Fsp3) is 0.308. The van der Waals surface area contributed by atoms with Crippen molar-refractivity contribution >= 4 is 11.4 Å². The van der Waals surface area contributed by atoms with Gasteiger partial charge >= 0.3 is 6.18 Å². The number of aromatic nitrogens is 2. The summed E-state index contributed by atoms with van der Waals surface area (Å²) in [6.07, 6.45) is -1.82. The van der Waals surface area contributed by atoms with E-state index in [0.717, 1.165) is 4.68 Å². The number of nitro groups is 1. The minimum atomic E-state index is -4.34. The molecule has 0 radical (unpaired) electrons. The number of nitrogens with one attached hydrogen (secondary N) is 1. The van der Waals surface area contributed by atoms with Crippen LogP contribution in [-0.2, 0) is 6.54 Å². The summed E-state index contributed by atoms with van der Waals surface area (Å²) in [5.41, 5.74) is 1.01. The van der Waals surface area contributed by atoms with E-state index in [0.29, 0.717) is 11.3 Å². The highest BCUT2D eigenvalue weighted by atomic mass is 19.4. The molecule has 2 aromatic rings. The number of nitro benzene ring substituents is 1. The molecular formula is C13H13F3N4O2. The SMILES string of the molecule is C[C@@H](Nc1cnn(CC(F)(F)F)c1)c1cccc([N+](=O)[O-])c1. The van der Waals surface area contributed by atoms with Crippen molar-refractivity contribution in [3.63, 3.8) is 0 Å². The molecule has 2 rings (SSSR count). The van der Waals surface area contributed by atoms with Gasteiger partial charge in [-0.1, -0.05) is 12.1 Å². The second-order valence-corrected chi connectivity index (χ2v) is 4.76. The molecule has 6 nitrogen and oxygen atoms in total. The molecule has 0 saturated carbocycles. The van der Waals surface area contributed by atoms with Gasteiger partial charge in [0.25, 0.3) is 5.69 Å². The zero-order valence-corrected chi connectivity index (χ0v) is 11.5. The summed E-state index contributed by atoms with van der Waals surface area (Å²) >= 11 is 0. The number of rotatable bonds is 5. The average molecular weight is 314 g/mol. The Kier molecular flexibility index (Phi) is 4.34. The van der Waals surface area contributed by atoms with E-state index in [1.54, 1.807) is 19.1 Å². The van der Waals surface area contributed by atoms with Crippen molar-refractivity contribution in [2.45, 2.75) is 25.7 Å². The quantitative estimate of drug-likeness (QED) is 0.677. The van der Waals surface area contributed by atoms with Crippen LogP contribution in [0.15, 0.2) is 36.7 Å². The fourth-order valence-corrected chi connectivity index (χ4v) is 1.95. The van der Waals surface area contributed by atoms with E-state index in [1.807, 2.05) is 0 Å². The van der Waals surface area contributed by atoms with Crippen LogP contribution >= 0.6 is 0 Å². The van der Waals surface area contributed by atoms with Crippen molar-refractivity contribution in [2.75, 3.05) is 5.32 Å². The van der Waals surface area contributed by atoms with E-state index in [9.17, 15) is 23.3 Å². The first-order valence-electron chi connectivity index (χ1n) is 6.35. The van der Waals surface area contributed by atoms with Crippen LogP contribution in [0.3, 0.4) is 0 Å². The van der Waals surface area contributed by atoms with E-state index < -0.39 is 17.6 Å². The first kappa shape index (κ1) is 15.8. The van der Waals surface area contributed by atoms with Crippen LogP contribution in [0.5, 0.6) is 0 Å². The second kappa shape index (κ2) is 6.04. The maximum absolute atomic E-state index is 12.3. The largest absolute Gasteiger partial charge is 0.408 e. The third kappa shape index (κ3) is 4.21. The number of halogens is 3. The van der Waals surface area contributed by atoms with Crippen LogP contribution in [0.25, 0.3) is 0 Å². The molecule has 1 aromatic carbocycles. The van der Waals surface area contributed by atoms with Crippen LogP contribution in [0, 0.1) is 10.1 Å². The number of alkyl halides is 3. The molecule has 1 N–H and O–H groups in total. The number of anilines is 1. The molecule has 118 valence electrons. The molecule has 1 atom stereocenters. The topological polar surface area (TPSA) is 73.0 Å². The van der Waals surface area contributed by atoms with Crippen molar-refractivity contribution in [1.29, 1.82) is 0 Å². The van der Waals surface area contributed by atoms with Gasteiger partial charge in [-0.25, -0.2) is 0 Å². The Morgan fingerprint density at radius 3 is 2.82 bits per heavy atom. The number of hydrogen-bond donors (Lipinski definition) is 1. The van der Waals surface area contributed by atoms with Gasteiger partial charge in [-0.2, -0.15) is 18.3 Å². The smallest absolute Gasteiger partial charge is 0.376 e. The van der Waals surface area contributed by atoms with Gasteiger partial charge in [0.2, 0.25) is 0 Å². The van der Waals surface area contributed by atoms with Gasteiger partial charge in [-0.3, -0.25) is 14.8 Å². The predicted molar refractivity (Wildman–Crippen MR) is 73.4 cm³/mol. The number of benzene rings is 1. The average Bonchev–Trinajstić information content (AvgIpc) is 2.83. The molecule has 0 aliphatic rings. The minimum Gasteiger partial charge on any atom is -0.376 e. The Bertz CT molecular complexity index is 669. The predicted octanol–water partition coefficient (Wildman–Crippen LogP) is 3.53. The molecule has 0 spiro atoms. The fourth-order valence-electron chi connectivity index (χ4n) is 1.95. The second-order valence-electron chi connectivity index (χ2n) is 4.76. The summed E-state index contributed by atoms with van der Waals surface area (Å²) in [5.74, 6) is 0. The van der Waals surface area contributed by atoms with E-state index >= 15 is 0 Å². The molecule has 1 aromatic heterocycles. The van der Waals surface area contributed by atoms with Crippen LogP contribution in [-0.4, -0.2) is 20.9 Å². The third-order valence-corrected chi connectivity index (χ3v) is 2.94. The molecular weight excluding hydrogens is 301 g/mol. The molecule has 9 heteroatoms. The lowest BCUT2D eigenvalue weighted by Crippen LogP contribution is -2.17. The van der Waals surface area contributed by atoms with Gasteiger partial charge < -0.3 is 5.32 Å². The Balaban J connectivity index is 2.07. The Hall–Kier alpha value is -2.58. The van der Waals surface area contributed by atoms with Crippen molar-refractivity contribution in [2.24, 2.45) is 0 Å². The maximum atomic E-state index is 12.3. The molecule has 0 fully saturated rings. The minimum absolute atomic E-state index is 0.0427. The highest BCUT2D eigenvalue weighted by Crippen LogP contribution is 2.23. The zero-order chi connectivity index (χ0) is 16.3. The van der Waals surface area contributed by atoms with Gasteiger partial charge in [0.1, 0.15) is 6.54 Å². The van der Waals surface area contributed by atoms with Crippen molar-refractivity contribution in [3.8, 4) is 0 Å². The number of hydrogen-bond acceptors (Lipinski definition) is 4. The van der Waals surface area contributed by atoms with E-state index in [-0.39, 0.29) is 11.7 Å². The molecule has 22 heavy (non-hydrogen) atoms. The van der Waals surface area contributed by atoms with Crippen molar-refractivity contribution in [3.05, 3.63) is 52.3 Å². The van der Waals surface area contributed by atoms with Crippen molar-refractivity contribution < 1.29 is 18.1 Å². The van der Waals surface area contributed by atoms with Crippen LogP contribution in [0.4, 0.5) is 24.5 Å². The molecule has 1 heterocycles. The maximum Gasteiger partial charge on any atom is 0.408 e. The van der Waals surface area contributed by atoms with Gasteiger partial charge in [0, 0.05) is 24.4 Å². The number of nitrogens with zero attached hydrogens (tertiary/aromatic N) is 3. The summed E-state index contributed by atoms with van der Waals surface area (Å²) in [6, 6.07) is 5.72. The molecule has 0 amide bonds. The van der Waals surface area contributed by atoms with Crippen LogP contribution in [0.1, 0.15) is 18.5 Å². The molecule has 0 aliphatic carbocycles. The van der Waals surface area contributed by atoms with Gasteiger partial charge in [-0.05, 0) is 12.5 Å². The molecule has 0 unspecified atom stereocenters. The molecule has 0 saturated heterocycles. The summed E-state index contributed by atoms with van der Waals surface area (Å²) < 4.78 is 37.5. The van der Waals surface area contributed by atoms with Crippen LogP contribution < -0.4 is 5.32 Å². The summed E-state index contributed by atoms with van der Waals surface area (Å²) in [4.78, 5) is 10.2. The standard InChI is InChI=1S/C13H13F3N4O2/c1-9(10-3-2-4-12(5-10)20(21)22)18-11-6-17-19(7-11)8-13(14,15)16/h2-7,9,18H,8H2,1H3/t9-/m1/s1. The summed E-state index contributed by atoms with van der Waals surface area (Å²) in [6.45, 7) is 0.583. The van der Waals surface area contributed by atoms with E-state index in [1.165, 1.54) is 24.5 Å². The Morgan fingerprint density at radius 1 is 1.45 bits per heavy atom. The van der Waals surface area contributed by atoms with Gasteiger partial charge in [-0.15, -0.1) is 0 Å². The van der Waals surface area contributed by atoms with Gasteiger partial charge in [0.05, 0.1) is 16.8 Å². The molecule has 0 bridgehead atoms. The molecule has 0 aliphatic heterocycles. The monoisotopic (exact) mass is 314 g/mol. The highest BCUT2D eigenvalue weighted by molar-refractivity contribution is 5.43. The van der Waals surface area contributed by atoms with E-state index in [4.69, 9.17) is 0 Å². The van der Waals surface area contributed by atoms with Crippen molar-refractivity contribution in [1.82, 2.24) is 9.78 Å². The summed E-state index contributed by atoms with van der Waals surface area (Å²) in [7, 11) is 0. The normalized spacial score (nSPS) is 12.9. The lowest BCUT2D eigenvalue weighted by atomic mass is 10.1. The zero-order valence-electron chi connectivity index (χ0n) is 11.5. The van der Waals surface area contributed by atoms with E-state index in [2.05, 4.69) is 10.4 Å². The van der Waals surface area contributed by atoms with Gasteiger partial charge in [0.15, 0.2) is 0 Å².